The molecule has 17 heavy (non-hydrogen) atoms. The summed E-state index contributed by atoms with van der Waals surface area (Å²) in [5, 5.41) is 10.8. The minimum Gasteiger partial charge on any atom is -0.496 e. The smallest absolute Gasteiger partial charge is 0.273 e. The molecule has 88 valence electrons. The average molecular weight is 234 g/mol. The topological polar surface area (TPSA) is 78.4 Å². The van der Waals surface area contributed by atoms with Gasteiger partial charge in [-0.15, -0.1) is 0 Å². The van der Waals surface area contributed by atoms with Gasteiger partial charge in [0, 0.05) is 11.6 Å². The van der Waals surface area contributed by atoms with Crippen LogP contribution in [-0.2, 0) is 0 Å². The van der Waals surface area contributed by atoms with Gasteiger partial charge in [-0.1, -0.05) is 0 Å². The van der Waals surface area contributed by atoms with E-state index in [0.29, 0.717) is 23.0 Å². The standard InChI is InChI=1S/C11H10N2O4/c1-7-6-12-11(17-7)8-3-9(13(14)15)5-10(4-8)16-2/h3-6H,1-2H3. The summed E-state index contributed by atoms with van der Waals surface area (Å²) in [6.45, 7) is 1.76. The number of aryl methyl sites for hydroxylation is 1. The van der Waals surface area contributed by atoms with Crippen LogP contribution < -0.4 is 4.74 Å². The van der Waals surface area contributed by atoms with Crippen LogP contribution in [0.1, 0.15) is 5.76 Å². The molecule has 0 aliphatic rings. The fraction of sp³-hybridized carbons (Fsp3) is 0.182. The summed E-state index contributed by atoms with van der Waals surface area (Å²) in [7, 11) is 1.45. The number of benzene rings is 1. The third kappa shape index (κ3) is 2.25. The molecule has 6 heteroatoms. The lowest BCUT2D eigenvalue weighted by molar-refractivity contribution is -0.384. The van der Waals surface area contributed by atoms with Gasteiger partial charge in [-0.2, -0.15) is 0 Å². The lowest BCUT2D eigenvalue weighted by Gasteiger charge is -2.02. The van der Waals surface area contributed by atoms with E-state index in [1.165, 1.54) is 19.2 Å². The fourth-order valence-electron chi connectivity index (χ4n) is 1.42. The van der Waals surface area contributed by atoms with Crippen LogP contribution in [0, 0.1) is 17.0 Å². The Morgan fingerprint density at radius 3 is 2.71 bits per heavy atom. The second-order valence-corrected chi connectivity index (χ2v) is 3.45. The summed E-state index contributed by atoms with van der Waals surface area (Å²) in [4.78, 5) is 14.3. The van der Waals surface area contributed by atoms with E-state index in [-0.39, 0.29) is 5.69 Å². The van der Waals surface area contributed by atoms with E-state index in [9.17, 15) is 10.1 Å². The molecule has 0 aliphatic heterocycles. The van der Waals surface area contributed by atoms with Crippen LogP contribution in [0.3, 0.4) is 0 Å². The second-order valence-electron chi connectivity index (χ2n) is 3.45. The van der Waals surface area contributed by atoms with Gasteiger partial charge in [-0.25, -0.2) is 4.98 Å². The third-order valence-electron chi connectivity index (χ3n) is 2.21. The van der Waals surface area contributed by atoms with Crippen molar-refractivity contribution >= 4 is 5.69 Å². The van der Waals surface area contributed by atoms with Crippen molar-refractivity contribution in [2.45, 2.75) is 6.92 Å². The average Bonchev–Trinajstić information content (AvgIpc) is 2.75. The van der Waals surface area contributed by atoms with Gasteiger partial charge in [0.05, 0.1) is 24.3 Å². The van der Waals surface area contributed by atoms with Gasteiger partial charge >= 0.3 is 0 Å². The summed E-state index contributed by atoms with van der Waals surface area (Å²) in [6, 6.07) is 4.38. The molecule has 0 fully saturated rings. The van der Waals surface area contributed by atoms with E-state index in [1.807, 2.05) is 0 Å². The highest BCUT2D eigenvalue weighted by Crippen LogP contribution is 2.29. The number of non-ortho nitro benzene ring substituents is 1. The number of nitro benzene ring substituents is 1. The largest absolute Gasteiger partial charge is 0.496 e. The molecule has 0 N–H and O–H groups in total. The van der Waals surface area contributed by atoms with Crippen LogP contribution >= 0.6 is 0 Å². The van der Waals surface area contributed by atoms with Gasteiger partial charge < -0.3 is 9.15 Å². The maximum Gasteiger partial charge on any atom is 0.273 e. The van der Waals surface area contributed by atoms with Gasteiger partial charge in [0.1, 0.15) is 11.5 Å². The van der Waals surface area contributed by atoms with Crippen molar-refractivity contribution < 1.29 is 14.1 Å². The van der Waals surface area contributed by atoms with Gasteiger partial charge in [-0.3, -0.25) is 10.1 Å². The first-order valence-corrected chi connectivity index (χ1v) is 4.86. The van der Waals surface area contributed by atoms with Gasteiger partial charge in [0.25, 0.3) is 5.69 Å². The van der Waals surface area contributed by atoms with Crippen molar-refractivity contribution in [1.29, 1.82) is 0 Å². The van der Waals surface area contributed by atoms with E-state index in [2.05, 4.69) is 4.98 Å². The molecule has 0 atom stereocenters. The Morgan fingerprint density at radius 1 is 1.41 bits per heavy atom. The van der Waals surface area contributed by atoms with Crippen molar-refractivity contribution in [3.05, 3.63) is 40.3 Å². The van der Waals surface area contributed by atoms with E-state index in [0.717, 1.165) is 0 Å². The van der Waals surface area contributed by atoms with Crippen LogP contribution in [0.5, 0.6) is 5.75 Å². The molecule has 2 aromatic rings. The van der Waals surface area contributed by atoms with Gasteiger partial charge in [0.2, 0.25) is 5.89 Å². The van der Waals surface area contributed by atoms with Crippen LogP contribution in [0.2, 0.25) is 0 Å². The third-order valence-corrected chi connectivity index (χ3v) is 2.21. The number of aromatic nitrogens is 1. The molecule has 1 aromatic carbocycles. The number of oxazole rings is 1. The van der Waals surface area contributed by atoms with Crippen LogP contribution in [-0.4, -0.2) is 17.0 Å². The molecule has 6 nitrogen and oxygen atoms in total. The minimum atomic E-state index is -0.484. The molecule has 0 bridgehead atoms. The van der Waals surface area contributed by atoms with Crippen LogP contribution in [0.25, 0.3) is 11.5 Å². The Kier molecular flexibility index (Phi) is 2.78. The zero-order chi connectivity index (χ0) is 12.4. The van der Waals surface area contributed by atoms with E-state index < -0.39 is 4.92 Å². The first kappa shape index (κ1) is 11.1. The Hall–Kier alpha value is -2.37. The van der Waals surface area contributed by atoms with Crippen LogP contribution in [0.4, 0.5) is 5.69 Å². The highest BCUT2D eigenvalue weighted by Gasteiger charge is 2.14. The molecule has 0 saturated carbocycles. The van der Waals surface area contributed by atoms with Crippen molar-refractivity contribution in [2.75, 3.05) is 7.11 Å². The number of nitrogens with zero attached hydrogens (tertiary/aromatic N) is 2. The zero-order valence-corrected chi connectivity index (χ0v) is 9.34. The number of rotatable bonds is 3. The summed E-state index contributed by atoms with van der Waals surface area (Å²) in [6.07, 6.45) is 1.56. The molecule has 0 radical (unpaired) electrons. The second kappa shape index (κ2) is 4.25. The Bertz CT molecular complexity index is 562. The summed E-state index contributed by atoms with van der Waals surface area (Å²) >= 11 is 0. The van der Waals surface area contributed by atoms with Crippen molar-refractivity contribution in [3.63, 3.8) is 0 Å². The molecule has 0 amide bonds. The number of methoxy groups -OCH3 is 1. The molecule has 2 rings (SSSR count). The summed E-state index contributed by atoms with van der Waals surface area (Å²) < 4.78 is 10.3. The first-order valence-electron chi connectivity index (χ1n) is 4.86. The number of ether oxygens (including phenoxy) is 1. The molecule has 0 aliphatic carbocycles. The monoisotopic (exact) mass is 234 g/mol. The SMILES string of the molecule is COc1cc(-c2ncc(C)o2)cc([N+](=O)[O-])c1. The predicted molar refractivity (Wildman–Crippen MR) is 59.9 cm³/mol. The maximum atomic E-state index is 10.8. The van der Waals surface area contributed by atoms with Crippen molar-refractivity contribution in [1.82, 2.24) is 4.98 Å². The minimum absolute atomic E-state index is 0.0600. The highest BCUT2D eigenvalue weighted by atomic mass is 16.6. The van der Waals surface area contributed by atoms with Crippen molar-refractivity contribution in [3.8, 4) is 17.2 Å². The van der Waals surface area contributed by atoms with Crippen molar-refractivity contribution in [2.24, 2.45) is 0 Å². The Morgan fingerprint density at radius 2 is 2.18 bits per heavy atom. The molecule has 1 heterocycles. The molecule has 0 unspecified atom stereocenters. The molecule has 0 spiro atoms. The first-order chi connectivity index (χ1) is 8.10. The molecule has 0 saturated heterocycles. The van der Waals surface area contributed by atoms with Gasteiger partial charge in [0.15, 0.2) is 0 Å². The maximum absolute atomic E-state index is 10.8. The molecule has 1 aromatic heterocycles. The molecular formula is C11H10N2O4. The highest BCUT2D eigenvalue weighted by molar-refractivity contribution is 5.61. The number of hydrogen-bond acceptors (Lipinski definition) is 5. The zero-order valence-electron chi connectivity index (χ0n) is 9.34. The van der Waals surface area contributed by atoms with Gasteiger partial charge in [-0.05, 0) is 13.0 Å². The fourth-order valence-corrected chi connectivity index (χ4v) is 1.42. The number of hydrogen-bond donors (Lipinski definition) is 0. The Labute approximate surface area is 97.0 Å². The number of nitro groups is 1. The Balaban J connectivity index is 2.53. The normalized spacial score (nSPS) is 10.2. The summed E-state index contributed by atoms with van der Waals surface area (Å²) in [5.74, 6) is 1.38. The predicted octanol–water partition coefficient (Wildman–Crippen LogP) is 2.57. The van der Waals surface area contributed by atoms with Crippen LogP contribution in [0.15, 0.2) is 28.8 Å². The van der Waals surface area contributed by atoms with E-state index in [4.69, 9.17) is 9.15 Å². The molecular weight excluding hydrogens is 224 g/mol. The quantitative estimate of drug-likeness (QED) is 0.602. The van der Waals surface area contributed by atoms with E-state index >= 15 is 0 Å². The summed E-state index contributed by atoms with van der Waals surface area (Å²) in [5.41, 5.74) is 0.458. The lowest BCUT2D eigenvalue weighted by Crippen LogP contribution is -1.91. The van der Waals surface area contributed by atoms with E-state index in [1.54, 1.807) is 19.2 Å². The lowest BCUT2D eigenvalue weighted by atomic mass is 10.2.